The first-order chi connectivity index (χ1) is 6.43. The summed E-state index contributed by atoms with van der Waals surface area (Å²) in [6, 6.07) is 3.81. The molecule has 0 aliphatic heterocycles. The van der Waals surface area contributed by atoms with E-state index in [1.165, 1.54) is 0 Å². The van der Waals surface area contributed by atoms with E-state index in [0.29, 0.717) is 0 Å². The van der Waals surface area contributed by atoms with Crippen molar-refractivity contribution in [1.29, 1.82) is 0 Å². The maximum atomic E-state index is 10.8. The average Bonchev–Trinajstić information content (AvgIpc) is 2.12. The first-order valence-electron chi connectivity index (χ1n) is 4.43. The molecule has 1 atom stereocenters. The Morgan fingerprint density at radius 3 is 2.43 bits per heavy atom. The van der Waals surface area contributed by atoms with Gasteiger partial charge < -0.3 is 5.11 Å². The highest BCUT2D eigenvalue weighted by Gasteiger charge is 2.15. The standard InChI is InChI=1S/C11H13BrO2/c1-6-4-9(8(3)11(13)14)5-10(12)7(6)2/h4-5,8H,1-3H3,(H,13,14). The highest BCUT2D eigenvalue weighted by atomic mass is 79.9. The molecule has 0 aliphatic carbocycles. The molecule has 0 amide bonds. The fourth-order valence-electron chi connectivity index (χ4n) is 1.24. The largest absolute Gasteiger partial charge is 0.481 e. The van der Waals surface area contributed by atoms with Gasteiger partial charge in [-0.3, -0.25) is 4.79 Å². The minimum atomic E-state index is -0.792. The molecule has 0 aromatic heterocycles. The molecule has 1 unspecified atom stereocenters. The Kier molecular flexibility index (Phi) is 3.32. The zero-order chi connectivity index (χ0) is 10.9. The molecule has 0 saturated heterocycles. The second-order valence-electron chi connectivity index (χ2n) is 3.50. The van der Waals surface area contributed by atoms with Crippen LogP contribution in [0.2, 0.25) is 0 Å². The highest BCUT2D eigenvalue weighted by molar-refractivity contribution is 9.10. The second kappa shape index (κ2) is 4.13. The number of carboxylic acid groups (broad SMARTS) is 1. The summed E-state index contributed by atoms with van der Waals surface area (Å²) in [5.41, 5.74) is 3.11. The third-order valence-corrected chi connectivity index (χ3v) is 3.32. The van der Waals surface area contributed by atoms with Gasteiger partial charge in [-0.1, -0.05) is 22.0 Å². The molecule has 0 radical (unpaired) electrons. The zero-order valence-corrected chi connectivity index (χ0v) is 10.1. The second-order valence-corrected chi connectivity index (χ2v) is 4.36. The Hall–Kier alpha value is -0.830. The topological polar surface area (TPSA) is 37.3 Å². The van der Waals surface area contributed by atoms with Crippen molar-refractivity contribution in [3.63, 3.8) is 0 Å². The van der Waals surface area contributed by atoms with Gasteiger partial charge in [-0.25, -0.2) is 0 Å². The van der Waals surface area contributed by atoms with Gasteiger partial charge >= 0.3 is 5.97 Å². The number of hydrogen-bond acceptors (Lipinski definition) is 1. The monoisotopic (exact) mass is 256 g/mol. The number of aliphatic carboxylic acids is 1. The maximum absolute atomic E-state index is 10.8. The van der Waals surface area contributed by atoms with Gasteiger partial charge in [0.2, 0.25) is 0 Å². The van der Waals surface area contributed by atoms with Gasteiger partial charge in [-0.05, 0) is 43.5 Å². The molecule has 76 valence electrons. The number of rotatable bonds is 2. The number of hydrogen-bond donors (Lipinski definition) is 1. The summed E-state index contributed by atoms with van der Waals surface area (Å²) in [4.78, 5) is 10.8. The molecular formula is C11H13BrO2. The molecule has 0 fully saturated rings. The van der Waals surface area contributed by atoms with Crippen molar-refractivity contribution < 1.29 is 9.90 Å². The van der Waals surface area contributed by atoms with Crippen LogP contribution in [0.5, 0.6) is 0 Å². The van der Waals surface area contributed by atoms with Crippen LogP contribution >= 0.6 is 15.9 Å². The van der Waals surface area contributed by atoms with Crippen molar-refractivity contribution in [2.75, 3.05) is 0 Å². The van der Waals surface area contributed by atoms with E-state index in [9.17, 15) is 4.79 Å². The van der Waals surface area contributed by atoms with Crippen molar-refractivity contribution in [1.82, 2.24) is 0 Å². The number of carbonyl (C=O) groups is 1. The van der Waals surface area contributed by atoms with Gasteiger partial charge in [0, 0.05) is 4.47 Å². The summed E-state index contributed by atoms with van der Waals surface area (Å²) in [6.45, 7) is 5.69. The van der Waals surface area contributed by atoms with Crippen molar-refractivity contribution in [3.8, 4) is 0 Å². The number of benzene rings is 1. The van der Waals surface area contributed by atoms with E-state index in [1.807, 2.05) is 26.0 Å². The van der Waals surface area contributed by atoms with E-state index in [-0.39, 0.29) is 0 Å². The van der Waals surface area contributed by atoms with Crippen LogP contribution in [0.3, 0.4) is 0 Å². The fraction of sp³-hybridized carbons (Fsp3) is 0.364. The summed E-state index contributed by atoms with van der Waals surface area (Å²) in [7, 11) is 0. The van der Waals surface area contributed by atoms with Crippen LogP contribution in [0, 0.1) is 13.8 Å². The van der Waals surface area contributed by atoms with Gasteiger partial charge in [0.25, 0.3) is 0 Å². The Balaban J connectivity index is 3.19. The molecule has 1 N–H and O–H groups in total. The molecular weight excluding hydrogens is 244 g/mol. The molecule has 1 rings (SSSR count). The zero-order valence-electron chi connectivity index (χ0n) is 8.47. The SMILES string of the molecule is Cc1cc(C(C)C(=O)O)cc(Br)c1C. The fourth-order valence-corrected chi connectivity index (χ4v) is 1.81. The van der Waals surface area contributed by atoms with Crippen LogP contribution in [-0.2, 0) is 4.79 Å². The molecule has 0 spiro atoms. The molecule has 0 aliphatic rings. The van der Waals surface area contributed by atoms with Gasteiger partial charge in [0.1, 0.15) is 0 Å². The average molecular weight is 257 g/mol. The first kappa shape index (κ1) is 11.2. The summed E-state index contributed by atoms with van der Waals surface area (Å²) in [6.07, 6.45) is 0. The van der Waals surface area contributed by atoms with E-state index < -0.39 is 11.9 Å². The van der Waals surface area contributed by atoms with Gasteiger partial charge in [0.15, 0.2) is 0 Å². The Bertz CT molecular complexity index is 349. The lowest BCUT2D eigenvalue weighted by molar-refractivity contribution is -0.138. The van der Waals surface area contributed by atoms with Crippen LogP contribution in [0.15, 0.2) is 16.6 Å². The molecule has 1 aromatic carbocycles. The van der Waals surface area contributed by atoms with Gasteiger partial charge in [-0.2, -0.15) is 0 Å². The van der Waals surface area contributed by atoms with E-state index in [2.05, 4.69) is 15.9 Å². The number of halogens is 1. The van der Waals surface area contributed by atoms with E-state index in [0.717, 1.165) is 21.2 Å². The van der Waals surface area contributed by atoms with Gasteiger partial charge in [0.05, 0.1) is 5.92 Å². The third-order valence-electron chi connectivity index (χ3n) is 2.50. The maximum Gasteiger partial charge on any atom is 0.310 e. The molecule has 14 heavy (non-hydrogen) atoms. The number of carboxylic acids is 1. The van der Waals surface area contributed by atoms with Crippen LogP contribution < -0.4 is 0 Å². The highest BCUT2D eigenvalue weighted by Crippen LogP contribution is 2.26. The molecule has 2 nitrogen and oxygen atoms in total. The predicted molar refractivity (Wildman–Crippen MR) is 59.7 cm³/mol. The molecule has 1 aromatic rings. The number of aryl methyl sites for hydroxylation is 1. The third kappa shape index (κ3) is 2.15. The van der Waals surface area contributed by atoms with Crippen molar-refractivity contribution in [3.05, 3.63) is 33.3 Å². The minimum Gasteiger partial charge on any atom is -0.481 e. The molecule has 0 bridgehead atoms. The summed E-state index contributed by atoms with van der Waals surface area (Å²) in [5.74, 6) is -1.24. The van der Waals surface area contributed by atoms with Crippen molar-refractivity contribution in [2.24, 2.45) is 0 Å². The summed E-state index contributed by atoms with van der Waals surface area (Å²) in [5, 5.41) is 8.87. The van der Waals surface area contributed by atoms with E-state index in [1.54, 1.807) is 6.92 Å². The lowest BCUT2D eigenvalue weighted by Crippen LogP contribution is -2.07. The summed E-state index contributed by atoms with van der Waals surface area (Å²) < 4.78 is 0.973. The van der Waals surface area contributed by atoms with Crippen LogP contribution in [0.4, 0.5) is 0 Å². The van der Waals surface area contributed by atoms with Crippen LogP contribution in [0.25, 0.3) is 0 Å². The molecule has 0 heterocycles. The van der Waals surface area contributed by atoms with E-state index in [4.69, 9.17) is 5.11 Å². The Labute approximate surface area is 92.1 Å². The Morgan fingerprint density at radius 1 is 1.43 bits per heavy atom. The van der Waals surface area contributed by atoms with E-state index >= 15 is 0 Å². The predicted octanol–water partition coefficient (Wildman–Crippen LogP) is 3.25. The van der Waals surface area contributed by atoms with Crippen molar-refractivity contribution in [2.45, 2.75) is 26.7 Å². The lowest BCUT2D eigenvalue weighted by atomic mass is 9.97. The van der Waals surface area contributed by atoms with Crippen molar-refractivity contribution >= 4 is 21.9 Å². The van der Waals surface area contributed by atoms with Crippen LogP contribution in [-0.4, -0.2) is 11.1 Å². The molecule has 0 saturated carbocycles. The minimum absolute atomic E-state index is 0.453. The lowest BCUT2D eigenvalue weighted by Gasteiger charge is -2.11. The quantitative estimate of drug-likeness (QED) is 0.882. The van der Waals surface area contributed by atoms with Crippen LogP contribution in [0.1, 0.15) is 29.5 Å². The smallest absolute Gasteiger partial charge is 0.310 e. The first-order valence-corrected chi connectivity index (χ1v) is 5.22. The Morgan fingerprint density at radius 2 is 2.00 bits per heavy atom. The normalized spacial score (nSPS) is 12.6. The van der Waals surface area contributed by atoms with Gasteiger partial charge in [-0.15, -0.1) is 0 Å². The molecule has 3 heteroatoms. The summed E-state index contributed by atoms with van der Waals surface area (Å²) >= 11 is 3.42.